The van der Waals surface area contributed by atoms with E-state index in [4.69, 9.17) is 9.47 Å². The average Bonchev–Trinajstić information content (AvgIpc) is 2.46. The maximum absolute atomic E-state index is 12.4. The van der Waals surface area contributed by atoms with Crippen molar-refractivity contribution in [3.63, 3.8) is 0 Å². The lowest BCUT2D eigenvalue weighted by molar-refractivity contribution is 0.00694. The molecule has 0 bridgehead atoms. The molecule has 0 spiro atoms. The van der Waals surface area contributed by atoms with Crippen molar-refractivity contribution in [2.45, 2.75) is 26.4 Å². The summed E-state index contributed by atoms with van der Waals surface area (Å²) in [5.41, 5.74) is 0.339. The van der Waals surface area contributed by atoms with Crippen LogP contribution in [-0.2, 0) is 9.47 Å². The quantitative estimate of drug-likeness (QED) is 0.783. The molecule has 1 heterocycles. The van der Waals surface area contributed by atoms with Crippen LogP contribution in [-0.4, -0.2) is 48.7 Å². The van der Waals surface area contributed by atoms with Gasteiger partial charge in [-0.05, 0) is 39.0 Å². The highest BCUT2D eigenvalue weighted by Gasteiger charge is 2.21. The van der Waals surface area contributed by atoms with Gasteiger partial charge in [-0.1, -0.05) is 6.07 Å². The highest BCUT2D eigenvalue weighted by Crippen LogP contribution is 2.15. The number of carbonyl (C=O) groups is 2. The van der Waals surface area contributed by atoms with Crippen LogP contribution in [0, 0.1) is 0 Å². The second-order valence-electron chi connectivity index (χ2n) is 5.99. The van der Waals surface area contributed by atoms with Gasteiger partial charge in [-0.25, -0.2) is 4.79 Å². The number of esters is 1. The normalized spacial score (nSPS) is 15.7. The van der Waals surface area contributed by atoms with E-state index in [1.807, 2.05) is 20.8 Å². The molecule has 0 aromatic heterocycles. The Morgan fingerprint density at radius 1 is 1.14 bits per heavy atom. The molecular weight excluding hydrogens is 270 g/mol. The molecule has 0 radical (unpaired) electrons. The molecule has 5 heteroatoms. The van der Waals surface area contributed by atoms with E-state index in [9.17, 15) is 9.59 Å². The van der Waals surface area contributed by atoms with Gasteiger partial charge in [-0.3, -0.25) is 4.79 Å². The summed E-state index contributed by atoms with van der Waals surface area (Å²) in [4.78, 5) is 26.2. The highest BCUT2D eigenvalue weighted by atomic mass is 16.6. The zero-order chi connectivity index (χ0) is 15.5. The number of hydrogen-bond donors (Lipinski definition) is 0. The molecule has 1 aromatic rings. The molecule has 1 aliphatic rings. The van der Waals surface area contributed by atoms with Crippen molar-refractivity contribution >= 4 is 11.9 Å². The molecule has 1 aromatic carbocycles. The van der Waals surface area contributed by atoms with Gasteiger partial charge in [0.25, 0.3) is 5.91 Å². The van der Waals surface area contributed by atoms with Crippen LogP contribution < -0.4 is 0 Å². The summed E-state index contributed by atoms with van der Waals surface area (Å²) in [6.07, 6.45) is 0. The Bertz CT molecular complexity index is 527. The maximum Gasteiger partial charge on any atom is 0.338 e. The lowest BCUT2D eigenvalue weighted by Crippen LogP contribution is -2.40. The molecule has 0 N–H and O–H groups in total. The van der Waals surface area contributed by atoms with Crippen molar-refractivity contribution in [3.05, 3.63) is 35.4 Å². The first-order chi connectivity index (χ1) is 9.87. The molecule has 0 unspecified atom stereocenters. The van der Waals surface area contributed by atoms with Crippen LogP contribution in [0.1, 0.15) is 41.5 Å². The first-order valence-corrected chi connectivity index (χ1v) is 7.07. The summed E-state index contributed by atoms with van der Waals surface area (Å²) >= 11 is 0. The molecule has 0 aliphatic carbocycles. The summed E-state index contributed by atoms with van der Waals surface area (Å²) in [7, 11) is 0. The van der Waals surface area contributed by atoms with E-state index in [-0.39, 0.29) is 5.91 Å². The fourth-order valence-corrected chi connectivity index (χ4v) is 2.07. The fraction of sp³-hybridized carbons (Fsp3) is 0.500. The first kappa shape index (κ1) is 15.5. The second-order valence-corrected chi connectivity index (χ2v) is 5.99. The average molecular weight is 291 g/mol. The number of hydrogen-bond acceptors (Lipinski definition) is 4. The van der Waals surface area contributed by atoms with Crippen LogP contribution in [0.3, 0.4) is 0 Å². The minimum absolute atomic E-state index is 0.0799. The van der Waals surface area contributed by atoms with E-state index >= 15 is 0 Å². The van der Waals surface area contributed by atoms with Crippen LogP contribution in [0.4, 0.5) is 0 Å². The maximum atomic E-state index is 12.4. The fourth-order valence-electron chi connectivity index (χ4n) is 2.07. The van der Waals surface area contributed by atoms with Crippen molar-refractivity contribution < 1.29 is 19.1 Å². The van der Waals surface area contributed by atoms with Gasteiger partial charge in [0.15, 0.2) is 0 Å². The topological polar surface area (TPSA) is 55.8 Å². The summed E-state index contributed by atoms with van der Waals surface area (Å²) in [5, 5.41) is 0. The van der Waals surface area contributed by atoms with E-state index in [1.54, 1.807) is 29.2 Å². The van der Waals surface area contributed by atoms with Gasteiger partial charge in [-0.15, -0.1) is 0 Å². The van der Waals surface area contributed by atoms with Crippen molar-refractivity contribution in [2.24, 2.45) is 0 Å². The third-order valence-electron chi connectivity index (χ3n) is 3.04. The molecule has 1 aliphatic heterocycles. The van der Waals surface area contributed by atoms with E-state index in [1.165, 1.54) is 0 Å². The monoisotopic (exact) mass is 291 g/mol. The van der Waals surface area contributed by atoms with E-state index in [2.05, 4.69) is 0 Å². The molecule has 0 saturated carbocycles. The number of amides is 1. The van der Waals surface area contributed by atoms with Gasteiger partial charge in [-0.2, -0.15) is 0 Å². The summed E-state index contributed by atoms with van der Waals surface area (Å²) < 4.78 is 10.6. The van der Waals surface area contributed by atoms with Crippen molar-refractivity contribution in [1.29, 1.82) is 0 Å². The molecule has 1 amide bonds. The van der Waals surface area contributed by atoms with Crippen molar-refractivity contribution in [2.75, 3.05) is 26.3 Å². The van der Waals surface area contributed by atoms with Gasteiger partial charge < -0.3 is 14.4 Å². The van der Waals surface area contributed by atoms with E-state index in [0.717, 1.165) is 0 Å². The molecule has 21 heavy (non-hydrogen) atoms. The largest absolute Gasteiger partial charge is 0.456 e. The van der Waals surface area contributed by atoms with Gasteiger partial charge in [0.05, 0.1) is 18.8 Å². The number of rotatable bonds is 2. The highest BCUT2D eigenvalue weighted by molar-refractivity contribution is 5.98. The molecule has 5 nitrogen and oxygen atoms in total. The zero-order valence-corrected chi connectivity index (χ0v) is 12.7. The number of ether oxygens (including phenoxy) is 2. The second kappa shape index (κ2) is 6.26. The molecule has 2 rings (SSSR count). The standard InChI is InChI=1S/C16H21NO4/c1-16(2,3)21-15(19)13-6-4-5-12(11-13)14(18)17-7-9-20-10-8-17/h4-6,11H,7-10H2,1-3H3. The van der Waals surface area contributed by atoms with Crippen LogP contribution >= 0.6 is 0 Å². The smallest absolute Gasteiger partial charge is 0.338 e. The Balaban J connectivity index is 2.13. The Hall–Kier alpha value is -1.88. The molecular formula is C16H21NO4. The van der Waals surface area contributed by atoms with E-state index in [0.29, 0.717) is 37.4 Å². The lowest BCUT2D eigenvalue weighted by Gasteiger charge is -2.27. The lowest BCUT2D eigenvalue weighted by atomic mass is 10.1. The van der Waals surface area contributed by atoms with Gasteiger partial charge >= 0.3 is 5.97 Å². The Morgan fingerprint density at radius 2 is 1.76 bits per heavy atom. The Morgan fingerprint density at radius 3 is 2.38 bits per heavy atom. The SMILES string of the molecule is CC(C)(C)OC(=O)c1cccc(C(=O)N2CCOCC2)c1. The molecule has 114 valence electrons. The van der Waals surface area contributed by atoms with Gasteiger partial charge in [0.1, 0.15) is 5.60 Å². The van der Waals surface area contributed by atoms with Crippen molar-refractivity contribution in [1.82, 2.24) is 4.90 Å². The number of nitrogens with zero attached hydrogens (tertiary/aromatic N) is 1. The third kappa shape index (κ3) is 4.29. The minimum atomic E-state index is -0.554. The molecule has 0 atom stereocenters. The van der Waals surface area contributed by atoms with Crippen LogP contribution in [0.2, 0.25) is 0 Å². The van der Waals surface area contributed by atoms with Gasteiger partial charge in [0.2, 0.25) is 0 Å². The van der Waals surface area contributed by atoms with Crippen molar-refractivity contribution in [3.8, 4) is 0 Å². The summed E-state index contributed by atoms with van der Waals surface area (Å²) in [5.74, 6) is -0.497. The molecule has 1 saturated heterocycles. The zero-order valence-electron chi connectivity index (χ0n) is 12.7. The van der Waals surface area contributed by atoms with Crippen LogP contribution in [0.25, 0.3) is 0 Å². The summed E-state index contributed by atoms with van der Waals surface area (Å²) in [6, 6.07) is 6.66. The van der Waals surface area contributed by atoms with E-state index < -0.39 is 11.6 Å². The number of benzene rings is 1. The van der Waals surface area contributed by atoms with Crippen LogP contribution in [0.15, 0.2) is 24.3 Å². The third-order valence-corrected chi connectivity index (χ3v) is 3.04. The first-order valence-electron chi connectivity index (χ1n) is 7.07. The van der Waals surface area contributed by atoms with Gasteiger partial charge in [0, 0.05) is 18.7 Å². The number of morpholine rings is 1. The Labute approximate surface area is 124 Å². The summed E-state index contributed by atoms with van der Waals surface area (Å²) in [6.45, 7) is 7.70. The Kier molecular flexibility index (Phi) is 4.63. The predicted molar refractivity (Wildman–Crippen MR) is 78.3 cm³/mol. The minimum Gasteiger partial charge on any atom is -0.456 e. The predicted octanol–water partition coefficient (Wildman–Crippen LogP) is 2.11. The molecule has 1 fully saturated rings. The van der Waals surface area contributed by atoms with Crippen LogP contribution in [0.5, 0.6) is 0 Å². The number of carbonyl (C=O) groups excluding carboxylic acids is 2.